The van der Waals surface area contributed by atoms with Gasteiger partial charge in [-0.3, -0.25) is 4.79 Å². The molecule has 0 aliphatic carbocycles. The molecule has 0 unspecified atom stereocenters. The summed E-state index contributed by atoms with van der Waals surface area (Å²) in [4.78, 5) is 17.3. The summed E-state index contributed by atoms with van der Waals surface area (Å²) in [5, 5.41) is 0.593. The van der Waals surface area contributed by atoms with E-state index in [1.54, 1.807) is 6.07 Å². The molecule has 132 valence electrons. The summed E-state index contributed by atoms with van der Waals surface area (Å²) in [5.74, 6) is 6.75. The van der Waals surface area contributed by atoms with Crippen molar-refractivity contribution in [2.45, 2.75) is 58.9 Å². The number of hydrogen-bond donors (Lipinski definition) is 1. The van der Waals surface area contributed by atoms with E-state index in [1.807, 2.05) is 18.2 Å². The maximum absolute atomic E-state index is 12.6. The van der Waals surface area contributed by atoms with Gasteiger partial charge in [-0.2, -0.15) is 0 Å². The fourth-order valence-electron chi connectivity index (χ4n) is 2.34. The van der Waals surface area contributed by atoms with Crippen molar-refractivity contribution in [3.8, 4) is 0 Å². The Labute approximate surface area is 145 Å². The molecule has 0 spiro atoms. The van der Waals surface area contributed by atoms with Crippen LogP contribution in [0, 0.1) is 5.92 Å². The summed E-state index contributed by atoms with van der Waals surface area (Å²) >= 11 is 0. The predicted molar refractivity (Wildman–Crippen MR) is 102 cm³/mol. The van der Waals surface area contributed by atoms with E-state index in [9.17, 15) is 4.79 Å². The molecule has 5 nitrogen and oxygen atoms in total. The average molecular weight is 348 g/mol. The van der Waals surface area contributed by atoms with Gasteiger partial charge in [0.25, 0.3) is 5.56 Å². The molecule has 2 N–H and O–H groups in total. The Bertz CT molecular complexity index is 791. The van der Waals surface area contributed by atoms with E-state index in [1.165, 1.54) is 0 Å². The molecule has 1 atom stereocenters. The molecule has 0 aliphatic heterocycles. The Hall–Kier alpha value is -1.66. The lowest BCUT2D eigenvalue weighted by molar-refractivity contribution is 0.123. The highest BCUT2D eigenvalue weighted by Crippen LogP contribution is 2.41. The standard InChI is InChI=1S/C18H29N3O2Si/c1-12(2)15(23-24(6,7)18(3,4)5)16-20-14-11-9-8-10-13(14)17(22)21(16)19/h8-12,15H,19H2,1-7H3/t15-/m0/s1. The Kier molecular flexibility index (Phi) is 4.93. The van der Waals surface area contributed by atoms with Crippen molar-refractivity contribution in [3.05, 3.63) is 40.4 Å². The van der Waals surface area contributed by atoms with Gasteiger partial charge in [0.15, 0.2) is 14.1 Å². The van der Waals surface area contributed by atoms with Crippen LogP contribution in [0.3, 0.4) is 0 Å². The minimum atomic E-state index is -2.03. The van der Waals surface area contributed by atoms with Crippen molar-refractivity contribution in [2.75, 3.05) is 5.84 Å². The molecule has 0 fully saturated rings. The van der Waals surface area contributed by atoms with Gasteiger partial charge < -0.3 is 10.3 Å². The maximum Gasteiger partial charge on any atom is 0.279 e. The van der Waals surface area contributed by atoms with Crippen molar-refractivity contribution in [3.63, 3.8) is 0 Å². The Morgan fingerprint density at radius 2 is 1.79 bits per heavy atom. The quantitative estimate of drug-likeness (QED) is 0.674. The zero-order valence-corrected chi connectivity index (χ0v) is 16.8. The van der Waals surface area contributed by atoms with Crippen molar-refractivity contribution >= 4 is 19.2 Å². The van der Waals surface area contributed by atoms with E-state index in [2.05, 4.69) is 52.7 Å². The molecule has 0 saturated heterocycles. The van der Waals surface area contributed by atoms with Gasteiger partial charge in [-0.15, -0.1) is 0 Å². The number of nitrogens with zero attached hydrogens (tertiary/aromatic N) is 2. The number of hydrogen-bond acceptors (Lipinski definition) is 4. The number of aromatic nitrogens is 2. The van der Waals surface area contributed by atoms with Crippen LogP contribution >= 0.6 is 0 Å². The van der Waals surface area contributed by atoms with E-state index < -0.39 is 8.32 Å². The van der Waals surface area contributed by atoms with Gasteiger partial charge in [0.2, 0.25) is 0 Å². The van der Waals surface area contributed by atoms with Crippen molar-refractivity contribution in [1.82, 2.24) is 9.66 Å². The molecule has 2 rings (SSSR count). The lowest BCUT2D eigenvalue weighted by Gasteiger charge is -2.40. The van der Waals surface area contributed by atoms with Crippen LogP contribution in [0.1, 0.15) is 46.5 Å². The minimum absolute atomic E-state index is 0.0662. The second-order valence-electron chi connectivity index (χ2n) is 8.21. The molecule has 0 amide bonds. The van der Waals surface area contributed by atoms with Gasteiger partial charge in [-0.1, -0.05) is 46.8 Å². The van der Waals surface area contributed by atoms with E-state index in [-0.39, 0.29) is 22.6 Å². The van der Waals surface area contributed by atoms with E-state index in [4.69, 9.17) is 10.3 Å². The Balaban J connectivity index is 2.59. The average Bonchev–Trinajstić information content (AvgIpc) is 2.47. The third kappa shape index (κ3) is 3.39. The highest BCUT2D eigenvalue weighted by atomic mass is 28.4. The molecule has 0 aliphatic rings. The summed E-state index contributed by atoms with van der Waals surface area (Å²) in [6, 6.07) is 7.27. The number of para-hydroxylation sites is 1. The fraction of sp³-hybridized carbons (Fsp3) is 0.556. The van der Waals surface area contributed by atoms with Crippen molar-refractivity contribution in [1.29, 1.82) is 0 Å². The van der Waals surface area contributed by atoms with E-state index in [0.29, 0.717) is 16.7 Å². The first-order valence-corrected chi connectivity index (χ1v) is 11.3. The van der Waals surface area contributed by atoms with Crippen LogP contribution in [-0.2, 0) is 4.43 Å². The predicted octanol–water partition coefficient (Wildman–Crippen LogP) is 3.83. The van der Waals surface area contributed by atoms with Crippen LogP contribution in [0.15, 0.2) is 29.1 Å². The van der Waals surface area contributed by atoms with Crippen LogP contribution in [0.2, 0.25) is 18.1 Å². The van der Waals surface area contributed by atoms with Gasteiger partial charge in [-0.25, -0.2) is 9.66 Å². The van der Waals surface area contributed by atoms with Gasteiger partial charge in [-0.05, 0) is 36.2 Å². The third-order valence-electron chi connectivity index (χ3n) is 4.92. The number of nitrogen functional groups attached to an aromatic ring is 1. The molecular weight excluding hydrogens is 318 g/mol. The van der Waals surface area contributed by atoms with Crippen LogP contribution in [0.25, 0.3) is 10.9 Å². The van der Waals surface area contributed by atoms with Gasteiger partial charge in [0.05, 0.1) is 10.9 Å². The minimum Gasteiger partial charge on any atom is -0.406 e. The summed E-state index contributed by atoms with van der Waals surface area (Å²) < 4.78 is 7.72. The van der Waals surface area contributed by atoms with Gasteiger partial charge in [0, 0.05) is 0 Å². The van der Waals surface area contributed by atoms with Gasteiger partial charge >= 0.3 is 0 Å². The first kappa shape index (κ1) is 18.7. The van der Waals surface area contributed by atoms with Crippen LogP contribution < -0.4 is 11.4 Å². The first-order chi connectivity index (χ1) is 11.0. The monoisotopic (exact) mass is 347 g/mol. The highest BCUT2D eigenvalue weighted by molar-refractivity contribution is 6.74. The maximum atomic E-state index is 12.6. The SMILES string of the molecule is CC(C)[C@H](O[Si](C)(C)C(C)(C)C)c1nc2ccccc2c(=O)n1N. The second-order valence-corrected chi connectivity index (χ2v) is 13.0. The van der Waals surface area contributed by atoms with Crippen molar-refractivity contribution in [2.24, 2.45) is 5.92 Å². The molecule has 0 radical (unpaired) electrons. The molecule has 0 bridgehead atoms. The smallest absolute Gasteiger partial charge is 0.279 e. The molecule has 1 aromatic carbocycles. The number of rotatable bonds is 4. The Morgan fingerprint density at radius 3 is 2.33 bits per heavy atom. The van der Waals surface area contributed by atoms with E-state index in [0.717, 1.165) is 4.68 Å². The summed E-state index contributed by atoms with van der Waals surface area (Å²) in [7, 11) is -2.03. The van der Waals surface area contributed by atoms with Crippen LogP contribution in [0.5, 0.6) is 0 Å². The van der Waals surface area contributed by atoms with Crippen molar-refractivity contribution < 1.29 is 4.43 Å². The third-order valence-corrected chi connectivity index (χ3v) is 9.38. The largest absolute Gasteiger partial charge is 0.406 e. The molecule has 24 heavy (non-hydrogen) atoms. The van der Waals surface area contributed by atoms with Crippen LogP contribution in [-0.4, -0.2) is 18.0 Å². The van der Waals surface area contributed by atoms with Gasteiger partial charge in [0.1, 0.15) is 6.10 Å². The summed E-state index contributed by atoms with van der Waals surface area (Å²) in [6.07, 6.45) is -0.312. The fourth-order valence-corrected chi connectivity index (χ4v) is 3.71. The molecule has 2 aromatic rings. The number of fused-ring (bicyclic) bond motifs is 1. The molecule has 6 heteroatoms. The zero-order valence-electron chi connectivity index (χ0n) is 15.8. The number of nitrogens with two attached hydrogens (primary N) is 1. The summed E-state index contributed by atoms with van der Waals surface area (Å²) in [6.45, 7) is 15.1. The molecular formula is C18H29N3O2Si. The van der Waals surface area contributed by atoms with Crippen LogP contribution in [0.4, 0.5) is 0 Å². The number of benzene rings is 1. The molecule has 0 saturated carbocycles. The van der Waals surface area contributed by atoms with E-state index >= 15 is 0 Å². The first-order valence-electron chi connectivity index (χ1n) is 8.40. The highest BCUT2D eigenvalue weighted by Gasteiger charge is 2.41. The normalized spacial score (nSPS) is 14.3. The molecule has 1 heterocycles. The Morgan fingerprint density at radius 1 is 1.21 bits per heavy atom. The summed E-state index contributed by atoms with van der Waals surface area (Å²) in [5.41, 5.74) is 0.420. The second kappa shape index (κ2) is 6.33. The lowest BCUT2D eigenvalue weighted by atomic mass is 10.1. The zero-order chi connectivity index (χ0) is 18.3. The topological polar surface area (TPSA) is 70.1 Å². The molecule has 1 aromatic heterocycles. The lowest BCUT2D eigenvalue weighted by Crippen LogP contribution is -2.44.